The van der Waals surface area contributed by atoms with Crippen LogP contribution >= 0.6 is 11.8 Å². The van der Waals surface area contributed by atoms with Crippen molar-refractivity contribution in [1.82, 2.24) is 4.90 Å². The lowest BCUT2D eigenvalue weighted by molar-refractivity contribution is -0.151. The highest BCUT2D eigenvalue weighted by molar-refractivity contribution is 8.00. The molecule has 0 N–H and O–H groups in total. The number of thioether (sulfide) groups is 1. The van der Waals surface area contributed by atoms with E-state index in [9.17, 15) is 14.4 Å². The molecule has 0 aromatic heterocycles. The minimum atomic E-state index is -0.455. The molecule has 0 atom stereocenters. The van der Waals surface area contributed by atoms with Gasteiger partial charge in [-0.2, -0.15) is 0 Å². The Labute approximate surface area is 220 Å². The molecule has 186 valence electrons. The van der Waals surface area contributed by atoms with Crippen molar-refractivity contribution in [2.75, 3.05) is 12.4 Å². The summed E-state index contributed by atoms with van der Waals surface area (Å²) in [7, 11) is 0. The number of esters is 1. The Morgan fingerprint density at radius 2 is 1.51 bits per heavy atom. The van der Waals surface area contributed by atoms with Crippen molar-refractivity contribution in [1.29, 1.82) is 0 Å². The van der Waals surface area contributed by atoms with Gasteiger partial charge in [-0.15, -0.1) is 11.8 Å². The Balaban J connectivity index is 1.27. The summed E-state index contributed by atoms with van der Waals surface area (Å²) in [6, 6.07) is 27.1. The second-order valence-corrected chi connectivity index (χ2v) is 10.3. The van der Waals surface area contributed by atoms with Crippen molar-refractivity contribution >= 4 is 40.2 Å². The van der Waals surface area contributed by atoms with Crippen LogP contribution in [0.4, 0.5) is 0 Å². The molecular formula is C31H27NO4S. The van der Waals surface area contributed by atoms with Crippen LogP contribution in [0.3, 0.4) is 0 Å². The van der Waals surface area contributed by atoms with Crippen LogP contribution in [0.15, 0.2) is 89.8 Å². The van der Waals surface area contributed by atoms with Crippen molar-refractivity contribution in [3.8, 4) is 11.1 Å². The summed E-state index contributed by atoms with van der Waals surface area (Å²) in [5.41, 5.74) is 4.35. The molecule has 0 radical (unpaired) electrons. The maximum atomic E-state index is 13.1. The van der Waals surface area contributed by atoms with Crippen molar-refractivity contribution in [2.24, 2.45) is 0 Å². The van der Waals surface area contributed by atoms with Gasteiger partial charge in [-0.25, -0.2) is 0 Å². The molecule has 0 fully saturated rings. The Bertz CT molecular complexity index is 1500. The van der Waals surface area contributed by atoms with Gasteiger partial charge in [0.15, 0.2) is 12.4 Å². The van der Waals surface area contributed by atoms with E-state index in [1.807, 2.05) is 98.8 Å². The largest absolute Gasteiger partial charge is 0.455 e. The number of ether oxygens (including phenoxy) is 1. The van der Waals surface area contributed by atoms with Crippen molar-refractivity contribution in [2.45, 2.75) is 31.3 Å². The van der Waals surface area contributed by atoms with Crippen LogP contribution in [0.2, 0.25) is 0 Å². The van der Waals surface area contributed by atoms with Gasteiger partial charge >= 0.3 is 5.97 Å². The lowest BCUT2D eigenvalue weighted by Gasteiger charge is -2.26. The van der Waals surface area contributed by atoms with Gasteiger partial charge in [0.1, 0.15) is 0 Å². The van der Waals surface area contributed by atoms with Gasteiger partial charge in [0.2, 0.25) is 0 Å². The molecular weight excluding hydrogens is 482 g/mol. The molecule has 0 saturated carbocycles. The first kappa shape index (κ1) is 24.8. The van der Waals surface area contributed by atoms with Gasteiger partial charge in [0.05, 0.1) is 5.75 Å². The Hall–Kier alpha value is -3.90. The van der Waals surface area contributed by atoms with E-state index < -0.39 is 5.97 Å². The molecule has 5 rings (SSSR count). The average molecular weight is 510 g/mol. The molecule has 4 aromatic carbocycles. The summed E-state index contributed by atoms with van der Waals surface area (Å²) in [6.07, 6.45) is 0. The number of rotatable bonds is 8. The van der Waals surface area contributed by atoms with Crippen LogP contribution in [-0.2, 0) is 20.9 Å². The van der Waals surface area contributed by atoms with Crippen LogP contribution in [-0.4, -0.2) is 41.0 Å². The topological polar surface area (TPSA) is 63.7 Å². The molecule has 1 aliphatic carbocycles. The molecule has 6 heteroatoms. The van der Waals surface area contributed by atoms with E-state index in [1.54, 1.807) is 4.90 Å². The molecule has 0 saturated heterocycles. The molecule has 0 unspecified atom stereocenters. The number of carbonyl (C=O) groups is 3. The Morgan fingerprint density at radius 3 is 2.27 bits per heavy atom. The van der Waals surface area contributed by atoms with E-state index in [0.717, 1.165) is 32.4 Å². The number of fused-ring (bicyclic) bond motifs is 2. The normalized spacial score (nSPS) is 11.9. The van der Waals surface area contributed by atoms with Gasteiger partial charge in [0.25, 0.3) is 5.91 Å². The molecule has 4 aromatic rings. The zero-order valence-electron chi connectivity index (χ0n) is 20.8. The predicted octanol–water partition coefficient (Wildman–Crippen LogP) is 6.12. The van der Waals surface area contributed by atoms with Crippen LogP contribution < -0.4 is 0 Å². The summed E-state index contributed by atoms with van der Waals surface area (Å²) < 4.78 is 5.34. The van der Waals surface area contributed by atoms with Gasteiger partial charge in [0, 0.05) is 34.0 Å². The molecule has 1 aliphatic rings. The zero-order chi connectivity index (χ0) is 25.9. The van der Waals surface area contributed by atoms with E-state index in [0.29, 0.717) is 17.7 Å². The monoisotopic (exact) mass is 509 g/mol. The summed E-state index contributed by atoms with van der Waals surface area (Å²) in [6.45, 7) is 4.06. The molecule has 5 nitrogen and oxygen atoms in total. The fourth-order valence-corrected chi connectivity index (χ4v) is 5.57. The lowest BCUT2D eigenvalue weighted by Crippen LogP contribution is -2.39. The molecule has 1 amide bonds. The van der Waals surface area contributed by atoms with Crippen LogP contribution in [0, 0.1) is 0 Å². The summed E-state index contributed by atoms with van der Waals surface area (Å²) in [5.74, 6) is -0.602. The predicted molar refractivity (Wildman–Crippen MR) is 147 cm³/mol. The Morgan fingerprint density at radius 1 is 0.811 bits per heavy atom. The summed E-state index contributed by atoms with van der Waals surface area (Å²) >= 11 is 1.35. The fourth-order valence-electron chi connectivity index (χ4n) is 4.72. The van der Waals surface area contributed by atoms with Gasteiger partial charge < -0.3 is 9.64 Å². The van der Waals surface area contributed by atoms with Crippen molar-refractivity contribution in [3.05, 3.63) is 102 Å². The van der Waals surface area contributed by atoms with Gasteiger partial charge in [-0.3, -0.25) is 14.4 Å². The highest BCUT2D eigenvalue weighted by Crippen LogP contribution is 2.42. The quantitative estimate of drug-likeness (QED) is 0.186. The van der Waals surface area contributed by atoms with Crippen LogP contribution in [0.1, 0.15) is 35.3 Å². The highest BCUT2D eigenvalue weighted by atomic mass is 32.2. The molecule has 37 heavy (non-hydrogen) atoms. The van der Waals surface area contributed by atoms with Gasteiger partial charge in [-0.05, 0) is 42.0 Å². The smallest absolute Gasteiger partial charge is 0.316 e. The SMILES string of the molecule is CC(C)N(Cc1ccccc1)C(=O)COC(=O)CSc1ccc2c3c(cccc13)C(=O)c1ccccc1-2. The maximum absolute atomic E-state index is 13.1. The number of ketones is 1. The minimum Gasteiger partial charge on any atom is -0.455 e. The Kier molecular flexibility index (Phi) is 7.10. The lowest BCUT2D eigenvalue weighted by atomic mass is 9.83. The highest BCUT2D eigenvalue weighted by Gasteiger charge is 2.26. The number of hydrogen-bond donors (Lipinski definition) is 0. The third kappa shape index (κ3) is 5.02. The van der Waals surface area contributed by atoms with E-state index >= 15 is 0 Å². The van der Waals surface area contributed by atoms with Crippen molar-refractivity contribution in [3.63, 3.8) is 0 Å². The average Bonchev–Trinajstić information content (AvgIpc) is 2.92. The molecule has 0 heterocycles. The van der Waals surface area contributed by atoms with Crippen LogP contribution in [0.25, 0.3) is 21.9 Å². The summed E-state index contributed by atoms with van der Waals surface area (Å²) in [5, 5.41) is 1.84. The zero-order valence-corrected chi connectivity index (χ0v) is 21.6. The van der Waals surface area contributed by atoms with E-state index in [2.05, 4.69) is 0 Å². The van der Waals surface area contributed by atoms with E-state index in [4.69, 9.17) is 4.74 Å². The molecule has 0 spiro atoms. The second kappa shape index (κ2) is 10.6. The van der Waals surface area contributed by atoms with E-state index in [1.165, 1.54) is 11.8 Å². The maximum Gasteiger partial charge on any atom is 0.316 e. The number of hydrogen-bond acceptors (Lipinski definition) is 5. The molecule has 0 bridgehead atoms. The second-order valence-electron chi connectivity index (χ2n) is 9.26. The fraction of sp³-hybridized carbons (Fsp3) is 0.194. The minimum absolute atomic E-state index is 0.0129. The number of nitrogens with zero attached hydrogens (tertiary/aromatic N) is 1. The standard InChI is InChI=1S/C31H27NO4S/c1-20(2)32(17-21-9-4-3-5-10-21)28(33)18-36-29(34)19-37-27-16-15-23-22-11-6-7-12-24(22)31(35)26-14-8-13-25(27)30(23)26/h3-16,20H,17-19H2,1-2H3. The summed E-state index contributed by atoms with van der Waals surface area (Å²) in [4.78, 5) is 41.1. The first-order valence-electron chi connectivity index (χ1n) is 12.3. The number of benzene rings is 4. The van der Waals surface area contributed by atoms with E-state index in [-0.39, 0.29) is 30.1 Å². The first-order valence-corrected chi connectivity index (χ1v) is 13.2. The third-order valence-corrected chi connectivity index (χ3v) is 7.60. The first-order chi connectivity index (χ1) is 17.9. The van der Waals surface area contributed by atoms with Gasteiger partial charge in [-0.1, -0.05) is 78.9 Å². The number of carbonyl (C=O) groups excluding carboxylic acids is 3. The number of amides is 1. The van der Waals surface area contributed by atoms with Crippen molar-refractivity contribution < 1.29 is 19.1 Å². The molecule has 0 aliphatic heterocycles. The third-order valence-electron chi connectivity index (χ3n) is 6.55. The van der Waals surface area contributed by atoms with Crippen LogP contribution in [0.5, 0.6) is 0 Å².